The predicted octanol–water partition coefficient (Wildman–Crippen LogP) is 4.90. The van der Waals surface area contributed by atoms with E-state index in [4.69, 9.17) is 0 Å². The molecule has 0 N–H and O–H groups in total. The van der Waals surface area contributed by atoms with Crippen LogP contribution in [0.25, 0.3) is 20.9 Å². The monoisotopic (exact) mass is 326 g/mol. The molecule has 2 aromatic carbocycles. The molecule has 0 aliphatic heterocycles. The fourth-order valence-electron chi connectivity index (χ4n) is 2.19. The van der Waals surface area contributed by atoms with Crippen LogP contribution in [0.5, 0.6) is 0 Å². The van der Waals surface area contributed by atoms with Gasteiger partial charge in [-0.1, -0.05) is 24.3 Å². The SMILES string of the molecule is O=[N+]([O-])c1cccc(-c2ccc(-c3cccc([N+](=O)[O-])c3)s2)c1. The Bertz CT molecular complexity index is 832. The molecule has 0 aliphatic carbocycles. The smallest absolute Gasteiger partial charge is 0.258 e. The number of hydrogen-bond donors (Lipinski definition) is 0. The molecular weight excluding hydrogens is 316 g/mol. The van der Waals surface area contributed by atoms with Crippen molar-refractivity contribution in [3.63, 3.8) is 0 Å². The number of rotatable bonds is 4. The Morgan fingerprint density at radius 1 is 0.696 bits per heavy atom. The third-order valence-corrected chi connectivity index (χ3v) is 4.47. The minimum atomic E-state index is -0.432. The molecule has 0 amide bonds. The zero-order valence-corrected chi connectivity index (χ0v) is 12.5. The average molecular weight is 326 g/mol. The molecule has 0 unspecified atom stereocenters. The number of nitro benzene ring substituents is 2. The normalized spacial score (nSPS) is 10.4. The first kappa shape index (κ1) is 14.9. The van der Waals surface area contributed by atoms with Gasteiger partial charge in [-0.25, -0.2) is 0 Å². The summed E-state index contributed by atoms with van der Waals surface area (Å²) in [4.78, 5) is 22.6. The maximum atomic E-state index is 10.9. The highest BCUT2D eigenvalue weighted by atomic mass is 32.1. The first-order chi connectivity index (χ1) is 11.0. The Morgan fingerprint density at radius 3 is 1.52 bits per heavy atom. The van der Waals surface area contributed by atoms with Gasteiger partial charge in [0.25, 0.3) is 11.4 Å². The third kappa shape index (κ3) is 3.09. The second-order valence-corrected chi connectivity index (χ2v) is 5.86. The summed E-state index contributed by atoms with van der Waals surface area (Å²) in [5, 5.41) is 21.7. The van der Waals surface area contributed by atoms with Crippen molar-refractivity contribution >= 4 is 22.7 Å². The molecule has 3 aromatic rings. The van der Waals surface area contributed by atoms with E-state index in [1.165, 1.54) is 35.6 Å². The lowest BCUT2D eigenvalue weighted by atomic mass is 10.1. The van der Waals surface area contributed by atoms with Gasteiger partial charge in [0.1, 0.15) is 0 Å². The van der Waals surface area contributed by atoms with Gasteiger partial charge < -0.3 is 0 Å². The van der Waals surface area contributed by atoms with Crippen LogP contribution in [0.1, 0.15) is 0 Å². The van der Waals surface area contributed by atoms with Crippen molar-refractivity contribution in [3.8, 4) is 20.9 Å². The van der Waals surface area contributed by atoms with Gasteiger partial charge in [-0.2, -0.15) is 0 Å². The number of hydrogen-bond acceptors (Lipinski definition) is 5. The van der Waals surface area contributed by atoms with Crippen LogP contribution in [0, 0.1) is 20.2 Å². The molecule has 6 nitrogen and oxygen atoms in total. The molecule has 0 atom stereocenters. The summed E-state index contributed by atoms with van der Waals surface area (Å²) in [6.45, 7) is 0. The number of thiophene rings is 1. The topological polar surface area (TPSA) is 86.3 Å². The minimum absolute atomic E-state index is 0.0350. The molecule has 7 heteroatoms. The van der Waals surface area contributed by atoms with Gasteiger partial charge >= 0.3 is 0 Å². The molecule has 0 saturated heterocycles. The zero-order valence-electron chi connectivity index (χ0n) is 11.7. The van der Waals surface area contributed by atoms with E-state index in [2.05, 4.69) is 0 Å². The number of non-ortho nitro benzene ring substituents is 2. The second-order valence-electron chi connectivity index (χ2n) is 4.78. The Balaban J connectivity index is 1.97. The molecule has 1 heterocycles. The molecule has 3 rings (SSSR count). The van der Waals surface area contributed by atoms with Gasteiger partial charge in [-0.05, 0) is 23.3 Å². The molecule has 0 fully saturated rings. The maximum absolute atomic E-state index is 10.9. The Labute approximate surface area is 134 Å². The van der Waals surface area contributed by atoms with Gasteiger partial charge in [0.15, 0.2) is 0 Å². The number of benzene rings is 2. The molecule has 1 aromatic heterocycles. The average Bonchev–Trinajstić information content (AvgIpc) is 3.05. The predicted molar refractivity (Wildman–Crippen MR) is 88.5 cm³/mol. The van der Waals surface area contributed by atoms with E-state index in [0.29, 0.717) is 0 Å². The van der Waals surface area contributed by atoms with Crippen LogP contribution >= 0.6 is 11.3 Å². The van der Waals surface area contributed by atoms with Crippen LogP contribution in [-0.2, 0) is 0 Å². The number of nitro groups is 2. The van der Waals surface area contributed by atoms with E-state index >= 15 is 0 Å². The van der Waals surface area contributed by atoms with Crippen LogP contribution in [0.3, 0.4) is 0 Å². The van der Waals surface area contributed by atoms with Gasteiger partial charge in [-0.15, -0.1) is 11.3 Å². The van der Waals surface area contributed by atoms with E-state index in [-0.39, 0.29) is 11.4 Å². The van der Waals surface area contributed by atoms with Gasteiger partial charge in [0.2, 0.25) is 0 Å². The third-order valence-electron chi connectivity index (χ3n) is 3.29. The van der Waals surface area contributed by atoms with Crippen molar-refractivity contribution in [2.75, 3.05) is 0 Å². The van der Waals surface area contributed by atoms with Crippen LogP contribution in [0.4, 0.5) is 11.4 Å². The van der Waals surface area contributed by atoms with Crippen molar-refractivity contribution in [1.29, 1.82) is 0 Å². The summed E-state index contributed by atoms with van der Waals surface area (Å²) >= 11 is 1.43. The Kier molecular flexibility index (Phi) is 3.86. The second kappa shape index (κ2) is 5.98. The lowest BCUT2D eigenvalue weighted by Crippen LogP contribution is -1.87. The van der Waals surface area contributed by atoms with E-state index < -0.39 is 9.85 Å². The molecule has 0 bridgehead atoms. The maximum Gasteiger partial charge on any atom is 0.270 e. The van der Waals surface area contributed by atoms with Crippen molar-refractivity contribution in [2.24, 2.45) is 0 Å². The van der Waals surface area contributed by atoms with Crippen LogP contribution < -0.4 is 0 Å². The van der Waals surface area contributed by atoms with Crippen LogP contribution in [0.2, 0.25) is 0 Å². The molecule has 0 aliphatic rings. The van der Waals surface area contributed by atoms with Gasteiger partial charge in [0.05, 0.1) is 9.85 Å². The quantitative estimate of drug-likeness (QED) is 0.504. The van der Waals surface area contributed by atoms with Crippen molar-refractivity contribution in [2.45, 2.75) is 0 Å². The largest absolute Gasteiger partial charge is 0.270 e. The molecule has 114 valence electrons. The van der Waals surface area contributed by atoms with Crippen LogP contribution in [0.15, 0.2) is 60.7 Å². The number of nitrogens with zero attached hydrogens (tertiary/aromatic N) is 2. The fraction of sp³-hybridized carbons (Fsp3) is 0. The van der Waals surface area contributed by atoms with Gasteiger partial charge in [0, 0.05) is 34.0 Å². The Morgan fingerprint density at radius 2 is 1.13 bits per heavy atom. The van der Waals surface area contributed by atoms with Crippen molar-refractivity contribution < 1.29 is 9.85 Å². The summed E-state index contributed by atoms with van der Waals surface area (Å²) in [5.41, 5.74) is 1.57. The minimum Gasteiger partial charge on any atom is -0.258 e. The highest BCUT2D eigenvalue weighted by Crippen LogP contribution is 2.36. The molecule has 0 spiro atoms. The summed E-state index contributed by atoms with van der Waals surface area (Å²) in [7, 11) is 0. The van der Waals surface area contributed by atoms with E-state index in [0.717, 1.165) is 20.9 Å². The van der Waals surface area contributed by atoms with E-state index in [9.17, 15) is 20.2 Å². The first-order valence-corrected chi connectivity index (χ1v) is 7.46. The summed E-state index contributed by atoms with van der Waals surface area (Å²) in [5.74, 6) is 0. The summed E-state index contributed by atoms with van der Waals surface area (Å²) in [6.07, 6.45) is 0. The molecular formula is C16H10N2O4S. The highest BCUT2D eigenvalue weighted by Gasteiger charge is 2.12. The lowest BCUT2D eigenvalue weighted by molar-refractivity contribution is -0.385. The standard InChI is InChI=1S/C16H10N2O4S/c19-17(20)13-5-1-3-11(9-13)15-7-8-16(23-15)12-4-2-6-14(10-12)18(21)22/h1-10H. The Hall–Kier alpha value is -3.06. The fourth-order valence-corrected chi connectivity index (χ4v) is 3.19. The van der Waals surface area contributed by atoms with Crippen molar-refractivity contribution in [3.05, 3.63) is 80.9 Å². The van der Waals surface area contributed by atoms with Crippen LogP contribution in [-0.4, -0.2) is 9.85 Å². The molecule has 23 heavy (non-hydrogen) atoms. The summed E-state index contributed by atoms with van der Waals surface area (Å²) < 4.78 is 0. The van der Waals surface area contributed by atoms with Crippen molar-refractivity contribution in [1.82, 2.24) is 0 Å². The van der Waals surface area contributed by atoms with E-state index in [1.807, 2.05) is 12.1 Å². The molecule has 0 radical (unpaired) electrons. The lowest BCUT2D eigenvalue weighted by Gasteiger charge is -1.99. The van der Waals surface area contributed by atoms with Gasteiger partial charge in [-0.3, -0.25) is 20.2 Å². The summed E-state index contributed by atoms with van der Waals surface area (Å²) in [6, 6.07) is 16.5. The highest BCUT2D eigenvalue weighted by molar-refractivity contribution is 7.18. The van der Waals surface area contributed by atoms with E-state index in [1.54, 1.807) is 24.3 Å². The first-order valence-electron chi connectivity index (χ1n) is 6.64. The molecule has 0 saturated carbocycles. The zero-order chi connectivity index (χ0) is 16.4.